The van der Waals surface area contributed by atoms with Gasteiger partial charge in [-0.15, -0.1) is 0 Å². The number of hydrogen-bond acceptors (Lipinski definition) is 4. The average Bonchev–Trinajstić information content (AvgIpc) is 3.09. The van der Waals surface area contributed by atoms with Crippen molar-refractivity contribution in [2.45, 2.75) is 32.2 Å². The first-order chi connectivity index (χ1) is 11.9. The first-order valence-corrected chi connectivity index (χ1v) is 9.91. The molecule has 0 fully saturated rings. The molecular weight excluding hydrogens is 358 g/mol. The molecule has 0 amide bonds. The molecule has 2 aromatic rings. The number of anilines is 1. The number of aryl methyl sites for hydroxylation is 1. The van der Waals surface area contributed by atoms with Gasteiger partial charge >= 0.3 is 0 Å². The molecule has 0 saturated heterocycles. The van der Waals surface area contributed by atoms with Crippen molar-refractivity contribution in [2.24, 2.45) is 0 Å². The number of furan rings is 1. The molecule has 1 aromatic heterocycles. The lowest BCUT2D eigenvalue weighted by atomic mass is 10.2. The van der Waals surface area contributed by atoms with Crippen molar-refractivity contribution in [3.05, 3.63) is 47.9 Å². The predicted molar refractivity (Wildman–Crippen MR) is 103 cm³/mol. The lowest BCUT2D eigenvalue weighted by Gasteiger charge is -2.20. The number of nitrogens with one attached hydrogen (secondary N) is 2. The molecule has 0 atom stereocenters. The van der Waals surface area contributed by atoms with Crippen molar-refractivity contribution in [1.29, 1.82) is 0 Å². The maximum atomic E-state index is 12.7. The van der Waals surface area contributed by atoms with Gasteiger partial charge in [0, 0.05) is 18.8 Å². The van der Waals surface area contributed by atoms with Crippen LogP contribution in [0.1, 0.15) is 25.2 Å². The highest BCUT2D eigenvalue weighted by Gasteiger charge is 2.22. The molecule has 1 aromatic carbocycles. The second-order valence-corrected chi connectivity index (χ2v) is 7.80. The highest BCUT2D eigenvalue weighted by molar-refractivity contribution is 7.89. The molecule has 25 heavy (non-hydrogen) atoms. The summed E-state index contributed by atoms with van der Waals surface area (Å²) in [5.74, 6) is 0.763. The Balaban J connectivity index is 2.14. The van der Waals surface area contributed by atoms with Gasteiger partial charge in [0.1, 0.15) is 5.76 Å². The Morgan fingerprint density at radius 3 is 2.56 bits per heavy atom. The highest BCUT2D eigenvalue weighted by Crippen LogP contribution is 2.23. The molecule has 0 radical (unpaired) electrons. The summed E-state index contributed by atoms with van der Waals surface area (Å²) >= 11 is 5.28. The largest absolute Gasteiger partial charge is 0.467 e. The van der Waals surface area contributed by atoms with E-state index in [1.54, 1.807) is 30.5 Å². The zero-order valence-corrected chi connectivity index (χ0v) is 16.2. The Morgan fingerprint density at radius 2 is 1.96 bits per heavy atom. The summed E-state index contributed by atoms with van der Waals surface area (Å²) in [6, 6.07) is 8.66. The van der Waals surface area contributed by atoms with Crippen LogP contribution in [0, 0.1) is 6.92 Å². The molecule has 136 valence electrons. The van der Waals surface area contributed by atoms with Gasteiger partial charge in [-0.3, -0.25) is 0 Å². The van der Waals surface area contributed by atoms with Gasteiger partial charge in [-0.1, -0.05) is 19.9 Å². The molecule has 0 aliphatic heterocycles. The van der Waals surface area contributed by atoms with E-state index in [1.165, 1.54) is 4.31 Å². The second-order valence-electron chi connectivity index (χ2n) is 5.45. The molecule has 0 spiro atoms. The summed E-state index contributed by atoms with van der Waals surface area (Å²) < 4.78 is 32.0. The molecule has 0 aliphatic carbocycles. The van der Waals surface area contributed by atoms with E-state index in [9.17, 15) is 8.42 Å². The Kier molecular flexibility index (Phi) is 6.57. The molecule has 0 saturated carbocycles. The third kappa shape index (κ3) is 4.81. The molecule has 8 heteroatoms. The number of benzene rings is 1. The lowest BCUT2D eigenvalue weighted by Crippen LogP contribution is -2.31. The van der Waals surface area contributed by atoms with Crippen molar-refractivity contribution < 1.29 is 12.8 Å². The van der Waals surface area contributed by atoms with Gasteiger partial charge in [-0.25, -0.2) is 8.42 Å². The molecule has 2 N–H and O–H groups in total. The molecule has 0 unspecified atom stereocenters. The number of nitrogens with zero attached hydrogens (tertiary/aromatic N) is 1. The van der Waals surface area contributed by atoms with Crippen molar-refractivity contribution in [3.63, 3.8) is 0 Å². The van der Waals surface area contributed by atoms with Crippen LogP contribution in [-0.4, -0.2) is 30.9 Å². The molecule has 1 heterocycles. The minimum atomic E-state index is -3.51. The zero-order valence-electron chi connectivity index (χ0n) is 14.6. The number of rotatable bonds is 7. The number of hydrogen-bond donors (Lipinski definition) is 2. The summed E-state index contributed by atoms with van der Waals surface area (Å²) in [5, 5.41) is 6.49. The van der Waals surface area contributed by atoms with Gasteiger partial charge in [0.15, 0.2) is 5.11 Å². The van der Waals surface area contributed by atoms with Crippen LogP contribution in [-0.2, 0) is 16.6 Å². The molecular formula is C17H23N3O3S2. The summed E-state index contributed by atoms with van der Waals surface area (Å²) in [4.78, 5) is 0.248. The number of thiocarbonyl (C=S) groups is 1. The molecule has 6 nitrogen and oxygen atoms in total. The van der Waals surface area contributed by atoms with Crippen LogP contribution < -0.4 is 10.6 Å². The van der Waals surface area contributed by atoms with Gasteiger partial charge in [-0.2, -0.15) is 4.31 Å². The van der Waals surface area contributed by atoms with E-state index in [4.69, 9.17) is 16.6 Å². The van der Waals surface area contributed by atoms with E-state index >= 15 is 0 Å². The highest BCUT2D eigenvalue weighted by atomic mass is 32.2. The van der Waals surface area contributed by atoms with Crippen molar-refractivity contribution in [1.82, 2.24) is 9.62 Å². The average molecular weight is 382 g/mol. The van der Waals surface area contributed by atoms with E-state index in [2.05, 4.69) is 10.6 Å². The van der Waals surface area contributed by atoms with E-state index in [0.717, 1.165) is 11.3 Å². The van der Waals surface area contributed by atoms with Gasteiger partial charge in [-0.05, 0) is 49.0 Å². The normalized spacial score (nSPS) is 11.5. The minimum absolute atomic E-state index is 0.248. The van der Waals surface area contributed by atoms with Crippen molar-refractivity contribution in [3.8, 4) is 0 Å². The lowest BCUT2D eigenvalue weighted by molar-refractivity contribution is 0.445. The van der Waals surface area contributed by atoms with Gasteiger partial charge in [0.05, 0.1) is 17.7 Å². The van der Waals surface area contributed by atoms with Gasteiger partial charge in [0.25, 0.3) is 0 Å². The summed E-state index contributed by atoms with van der Waals surface area (Å²) in [6.07, 6.45) is 1.60. The van der Waals surface area contributed by atoms with E-state index < -0.39 is 10.0 Å². The molecule has 0 bridgehead atoms. The SMILES string of the molecule is CCN(CC)S(=O)(=O)c1ccc(C)c(NC(=S)NCc2ccco2)c1. The quantitative estimate of drug-likeness (QED) is 0.718. The molecule has 2 rings (SSSR count). The fourth-order valence-corrected chi connectivity index (χ4v) is 4.02. The first kappa shape index (κ1) is 19.4. The van der Waals surface area contributed by atoms with Crippen molar-refractivity contribution >= 4 is 33.0 Å². The predicted octanol–water partition coefficient (Wildman–Crippen LogP) is 3.11. The van der Waals surface area contributed by atoms with E-state index in [1.807, 2.05) is 26.8 Å². The first-order valence-electron chi connectivity index (χ1n) is 8.06. The third-order valence-electron chi connectivity index (χ3n) is 3.80. The monoisotopic (exact) mass is 381 g/mol. The van der Waals surface area contributed by atoms with E-state index in [0.29, 0.717) is 30.4 Å². The fraction of sp³-hybridized carbons (Fsp3) is 0.353. The second kappa shape index (κ2) is 8.46. The zero-order chi connectivity index (χ0) is 18.4. The Morgan fingerprint density at radius 1 is 1.24 bits per heavy atom. The third-order valence-corrected chi connectivity index (χ3v) is 6.10. The maximum absolute atomic E-state index is 12.7. The Bertz CT molecular complexity index is 814. The number of sulfonamides is 1. The minimum Gasteiger partial charge on any atom is -0.467 e. The van der Waals surface area contributed by atoms with E-state index in [-0.39, 0.29) is 4.90 Å². The van der Waals surface area contributed by atoms with Crippen molar-refractivity contribution in [2.75, 3.05) is 18.4 Å². The summed E-state index contributed by atoms with van der Waals surface area (Å²) in [5.41, 5.74) is 1.56. The van der Waals surface area contributed by atoms with Crippen LogP contribution in [0.3, 0.4) is 0 Å². The Labute approximate surface area is 154 Å². The van der Waals surface area contributed by atoms with Crippen LogP contribution >= 0.6 is 12.2 Å². The fourth-order valence-electron chi connectivity index (χ4n) is 2.36. The Hall–Kier alpha value is -1.90. The van der Waals surface area contributed by atoms with Gasteiger partial charge < -0.3 is 15.1 Å². The maximum Gasteiger partial charge on any atom is 0.243 e. The van der Waals surface area contributed by atoms with Gasteiger partial charge in [0.2, 0.25) is 10.0 Å². The van der Waals surface area contributed by atoms with Crippen LogP contribution in [0.15, 0.2) is 45.9 Å². The topological polar surface area (TPSA) is 74.6 Å². The molecule has 0 aliphatic rings. The standard InChI is InChI=1S/C17H23N3O3S2/c1-4-20(5-2)25(21,22)15-9-8-13(3)16(11-15)19-17(24)18-12-14-7-6-10-23-14/h6-11H,4-5,12H2,1-3H3,(H2,18,19,24). The van der Waals surface area contributed by atoms with Crippen LogP contribution in [0.25, 0.3) is 0 Å². The smallest absolute Gasteiger partial charge is 0.243 e. The summed E-state index contributed by atoms with van der Waals surface area (Å²) in [7, 11) is -3.51. The van der Waals surface area contributed by atoms with Crippen LogP contribution in [0.4, 0.5) is 5.69 Å². The van der Waals surface area contributed by atoms with Crippen LogP contribution in [0.2, 0.25) is 0 Å². The van der Waals surface area contributed by atoms with Crippen LogP contribution in [0.5, 0.6) is 0 Å². The summed E-state index contributed by atoms with van der Waals surface area (Å²) in [6.45, 7) is 6.85.